The van der Waals surface area contributed by atoms with Gasteiger partial charge >= 0.3 is 0 Å². The van der Waals surface area contributed by atoms with Crippen LogP contribution in [0.4, 0.5) is 14.5 Å². The summed E-state index contributed by atoms with van der Waals surface area (Å²) >= 11 is 0. The number of halogens is 2. The summed E-state index contributed by atoms with van der Waals surface area (Å²) in [7, 11) is -3.56. The molecule has 0 radical (unpaired) electrons. The van der Waals surface area contributed by atoms with Crippen LogP contribution < -0.4 is 5.32 Å². The Bertz CT molecular complexity index is 893. The van der Waals surface area contributed by atoms with Gasteiger partial charge < -0.3 is 5.32 Å². The van der Waals surface area contributed by atoms with E-state index in [1.807, 2.05) is 0 Å². The van der Waals surface area contributed by atoms with Gasteiger partial charge in [0.05, 0.1) is 10.6 Å². The van der Waals surface area contributed by atoms with Crippen molar-refractivity contribution in [3.8, 4) is 0 Å². The van der Waals surface area contributed by atoms with Crippen LogP contribution in [0.1, 0.15) is 23.2 Å². The number of nitrogens with zero attached hydrogens (tertiary/aromatic N) is 1. The Morgan fingerprint density at radius 2 is 1.64 bits per heavy atom. The van der Waals surface area contributed by atoms with Gasteiger partial charge in [0.2, 0.25) is 10.0 Å². The highest BCUT2D eigenvalue weighted by Gasteiger charge is 2.27. The number of hydrogen-bond acceptors (Lipinski definition) is 3. The van der Waals surface area contributed by atoms with E-state index in [2.05, 4.69) is 5.32 Å². The molecule has 1 fully saturated rings. The van der Waals surface area contributed by atoms with E-state index < -0.39 is 27.6 Å². The second-order valence-corrected chi connectivity index (χ2v) is 7.65. The zero-order valence-corrected chi connectivity index (χ0v) is 14.0. The van der Waals surface area contributed by atoms with E-state index in [0.717, 1.165) is 31.0 Å². The Kier molecular flexibility index (Phi) is 4.82. The molecule has 0 bridgehead atoms. The van der Waals surface area contributed by atoms with Crippen molar-refractivity contribution in [3.05, 3.63) is 59.7 Å². The van der Waals surface area contributed by atoms with E-state index in [0.29, 0.717) is 13.1 Å². The molecule has 1 amide bonds. The number of sulfonamides is 1. The minimum atomic E-state index is -3.56. The first-order chi connectivity index (χ1) is 11.9. The Morgan fingerprint density at radius 3 is 2.28 bits per heavy atom. The standard InChI is InChI=1S/C17H16F2N2O3S/c18-13-5-8-15(19)16(11-13)20-17(22)12-3-6-14(7-4-12)25(23,24)21-9-1-2-10-21/h3-8,11H,1-2,9-10H2,(H,20,22). The third-order valence-electron chi connectivity index (χ3n) is 4.00. The fourth-order valence-corrected chi connectivity index (χ4v) is 4.16. The molecule has 2 aromatic rings. The molecule has 0 aromatic heterocycles. The van der Waals surface area contributed by atoms with Crippen LogP contribution in [0.15, 0.2) is 47.4 Å². The van der Waals surface area contributed by atoms with Crippen molar-refractivity contribution in [2.75, 3.05) is 18.4 Å². The predicted molar refractivity (Wildman–Crippen MR) is 88.7 cm³/mol. The molecule has 0 unspecified atom stereocenters. The zero-order chi connectivity index (χ0) is 18.0. The van der Waals surface area contributed by atoms with E-state index in [1.54, 1.807) is 0 Å². The fourth-order valence-electron chi connectivity index (χ4n) is 2.64. The van der Waals surface area contributed by atoms with Crippen LogP contribution in [0.5, 0.6) is 0 Å². The van der Waals surface area contributed by atoms with Gasteiger partial charge in [-0.15, -0.1) is 0 Å². The summed E-state index contributed by atoms with van der Waals surface area (Å²) in [5.74, 6) is -2.10. The number of nitrogens with one attached hydrogen (secondary N) is 1. The molecule has 3 rings (SSSR count). The Hall–Kier alpha value is -2.32. The largest absolute Gasteiger partial charge is 0.319 e. The lowest BCUT2D eigenvalue weighted by Crippen LogP contribution is -2.27. The average Bonchev–Trinajstić information content (AvgIpc) is 3.13. The highest BCUT2D eigenvalue weighted by molar-refractivity contribution is 7.89. The number of benzene rings is 2. The minimum absolute atomic E-state index is 0.0999. The second-order valence-electron chi connectivity index (χ2n) is 5.71. The van der Waals surface area contributed by atoms with Crippen molar-refractivity contribution in [3.63, 3.8) is 0 Å². The molecular formula is C17H16F2N2O3S. The van der Waals surface area contributed by atoms with E-state index in [-0.39, 0.29) is 16.1 Å². The summed E-state index contributed by atoms with van der Waals surface area (Å²) < 4.78 is 53.0. The van der Waals surface area contributed by atoms with Gasteiger partial charge in [-0.2, -0.15) is 4.31 Å². The summed E-state index contributed by atoms with van der Waals surface area (Å²) in [6.45, 7) is 0.979. The number of rotatable bonds is 4. The number of carbonyl (C=O) groups excluding carboxylic acids is 1. The summed E-state index contributed by atoms with van der Waals surface area (Å²) in [5.41, 5.74) is -0.136. The lowest BCUT2D eigenvalue weighted by atomic mass is 10.2. The number of hydrogen-bond donors (Lipinski definition) is 1. The number of anilines is 1. The maximum absolute atomic E-state index is 13.6. The molecule has 1 saturated heterocycles. The lowest BCUT2D eigenvalue weighted by Gasteiger charge is -2.15. The molecule has 0 aliphatic carbocycles. The first-order valence-electron chi connectivity index (χ1n) is 7.74. The summed E-state index contributed by atoms with van der Waals surface area (Å²) in [6, 6.07) is 8.10. The molecule has 25 heavy (non-hydrogen) atoms. The van der Waals surface area contributed by atoms with E-state index in [1.165, 1.54) is 28.6 Å². The van der Waals surface area contributed by atoms with Gasteiger partial charge in [0.25, 0.3) is 5.91 Å². The second kappa shape index (κ2) is 6.89. The third kappa shape index (κ3) is 3.69. The molecule has 2 aromatic carbocycles. The van der Waals surface area contributed by atoms with Crippen LogP contribution >= 0.6 is 0 Å². The maximum atomic E-state index is 13.6. The van der Waals surface area contributed by atoms with Crippen molar-refractivity contribution in [1.29, 1.82) is 0 Å². The van der Waals surface area contributed by atoms with Gasteiger partial charge in [-0.1, -0.05) is 0 Å². The maximum Gasteiger partial charge on any atom is 0.255 e. The van der Waals surface area contributed by atoms with Crippen LogP contribution in [0.25, 0.3) is 0 Å². The van der Waals surface area contributed by atoms with Crippen LogP contribution in [0, 0.1) is 11.6 Å². The van der Waals surface area contributed by atoms with Crippen molar-refractivity contribution < 1.29 is 22.0 Å². The van der Waals surface area contributed by atoms with Crippen LogP contribution in [-0.4, -0.2) is 31.7 Å². The topological polar surface area (TPSA) is 66.5 Å². The van der Waals surface area contributed by atoms with Gasteiger partial charge in [-0.3, -0.25) is 4.79 Å². The quantitative estimate of drug-likeness (QED) is 0.905. The summed E-state index contributed by atoms with van der Waals surface area (Å²) in [6.07, 6.45) is 1.66. The SMILES string of the molecule is O=C(Nc1cc(F)ccc1F)c1ccc(S(=O)(=O)N2CCCC2)cc1. The van der Waals surface area contributed by atoms with Gasteiger partial charge in [0.15, 0.2) is 0 Å². The molecule has 5 nitrogen and oxygen atoms in total. The molecule has 1 aliphatic rings. The predicted octanol–water partition coefficient (Wildman–Crippen LogP) is 3.00. The van der Waals surface area contributed by atoms with E-state index >= 15 is 0 Å². The summed E-state index contributed by atoms with van der Waals surface area (Å²) in [4.78, 5) is 12.2. The third-order valence-corrected chi connectivity index (χ3v) is 5.91. The summed E-state index contributed by atoms with van der Waals surface area (Å²) in [5, 5.41) is 2.27. The van der Waals surface area contributed by atoms with Gasteiger partial charge in [0, 0.05) is 24.7 Å². The van der Waals surface area contributed by atoms with Crippen LogP contribution in [-0.2, 0) is 10.0 Å². The van der Waals surface area contributed by atoms with Gasteiger partial charge in [-0.25, -0.2) is 17.2 Å². The molecule has 8 heteroatoms. The van der Waals surface area contributed by atoms with Crippen molar-refractivity contribution in [2.45, 2.75) is 17.7 Å². The van der Waals surface area contributed by atoms with Crippen LogP contribution in [0.3, 0.4) is 0 Å². The Morgan fingerprint density at radius 1 is 1.00 bits per heavy atom. The van der Waals surface area contributed by atoms with E-state index in [9.17, 15) is 22.0 Å². The van der Waals surface area contributed by atoms with Crippen LogP contribution in [0.2, 0.25) is 0 Å². The smallest absolute Gasteiger partial charge is 0.255 e. The van der Waals surface area contributed by atoms with Crippen molar-refractivity contribution in [2.24, 2.45) is 0 Å². The highest BCUT2D eigenvalue weighted by atomic mass is 32.2. The first kappa shape index (κ1) is 17.5. The molecule has 0 spiro atoms. The minimum Gasteiger partial charge on any atom is -0.319 e. The molecular weight excluding hydrogens is 350 g/mol. The molecule has 132 valence electrons. The zero-order valence-electron chi connectivity index (χ0n) is 13.2. The van der Waals surface area contributed by atoms with Gasteiger partial charge in [-0.05, 0) is 49.2 Å². The average molecular weight is 366 g/mol. The van der Waals surface area contributed by atoms with E-state index in [4.69, 9.17) is 0 Å². The number of amides is 1. The Labute approximate surface area is 144 Å². The van der Waals surface area contributed by atoms with Crippen molar-refractivity contribution in [1.82, 2.24) is 4.31 Å². The number of carbonyl (C=O) groups is 1. The molecule has 1 N–H and O–H groups in total. The van der Waals surface area contributed by atoms with Gasteiger partial charge in [0.1, 0.15) is 11.6 Å². The lowest BCUT2D eigenvalue weighted by molar-refractivity contribution is 0.102. The Balaban J connectivity index is 1.78. The normalized spacial score (nSPS) is 15.3. The molecule has 1 heterocycles. The first-order valence-corrected chi connectivity index (χ1v) is 9.18. The highest BCUT2D eigenvalue weighted by Crippen LogP contribution is 2.22. The van der Waals surface area contributed by atoms with Crippen molar-refractivity contribution >= 4 is 21.6 Å². The molecule has 1 aliphatic heterocycles. The monoisotopic (exact) mass is 366 g/mol. The molecule has 0 saturated carbocycles. The fraction of sp³-hybridized carbons (Fsp3) is 0.235. The molecule has 0 atom stereocenters.